The summed E-state index contributed by atoms with van der Waals surface area (Å²) in [5.41, 5.74) is 14.3. The van der Waals surface area contributed by atoms with Crippen molar-refractivity contribution in [3.8, 4) is 67.7 Å². The molecule has 0 radical (unpaired) electrons. The summed E-state index contributed by atoms with van der Waals surface area (Å²) in [6.07, 6.45) is 1.82. The van der Waals surface area contributed by atoms with Crippen LogP contribution in [0.15, 0.2) is 194 Å². The van der Waals surface area contributed by atoms with Crippen LogP contribution in [0.4, 0.5) is 0 Å². The van der Waals surface area contributed by atoms with Gasteiger partial charge in [-0.15, -0.1) is 0 Å². The predicted molar refractivity (Wildman–Crippen MR) is 236 cm³/mol. The van der Waals surface area contributed by atoms with E-state index >= 15 is 0 Å². The lowest BCUT2D eigenvalue weighted by Crippen LogP contribution is -1.97. The van der Waals surface area contributed by atoms with E-state index < -0.39 is 0 Å². The van der Waals surface area contributed by atoms with Gasteiger partial charge in [0, 0.05) is 50.0 Å². The topological polar surface area (TPSA) is 77.3 Å². The summed E-state index contributed by atoms with van der Waals surface area (Å²) >= 11 is 0. The van der Waals surface area contributed by atoms with Gasteiger partial charge in [-0.05, 0) is 59.7 Å². The average Bonchev–Trinajstić information content (AvgIpc) is 3.31. The third-order valence-corrected chi connectivity index (χ3v) is 10.7. The van der Waals surface area contributed by atoms with Gasteiger partial charge < -0.3 is 0 Å². The SMILES string of the molecule is c1ccc(-c2cc(-c3ccccc3)nc(-c3ccc4ccc(-c5ccc6nc(-c7ccc(-c8ccc9ccc%10cccnc%10c9n8)cc7)ccc6c5)cc4n3)n2)cc1. The first-order valence-corrected chi connectivity index (χ1v) is 19.3. The van der Waals surface area contributed by atoms with Crippen LogP contribution < -0.4 is 0 Å². The summed E-state index contributed by atoms with van der Waals surface area (Å²) in [6, 6.07) is 64.6. The second kappa shape index (κ2) is 14.0. The fourth-order valence-electron chi connectivity index (χ4n) is 7.66. The van der Waals surface area contributed by atoms with Crippen molar-refractivity contribution < 1.29 is 0 Å². The first kappa shape index (κ1) is 33.4. The van der Waals surface area contributed by atoms with Gasteiger partial charge in [0.2, 0.25) is 0 Å². The molecule has 270 valence electrons. The van der Waals surface area contributed by atoms with E-state index in [1.54, 1.807) is 0 Å². The molecule has 6 aromatic carbocycles. The van der Waals surface area contributed by atoms with Crippen LogP contribution >= 0.6 is 0 Å². The molecule has 0 saturated carbocycles. The minimum Gasteiger partial charge on any atom is -0.254 e. The van der Waals surface area contributed by atoms with Gasteiger partial charge in [-0.2, -0.15) is 0 Å². The lowest BCUT2D eigenvalue weighted by Gasteiger charge is -2.10. The zero-order valence-electron chi connectivity index (χ0n) is 31.2. The molecule has 0 spiro atoms. The van der Waals surface area contributed by atoms with Crippen molar-refractivity contribution in [3.05, 3.63) is 194 Å². The summed E-state index contributed by atoms with van der Waals surface area (Å²) < 4.78 is 0. The molecule has 5 heterocycles. The van der Waals surface area contributed by atoms with E-state index in [0.717, 1.165) is 105 Å². The first-order valence-electron chi connectivity index (χ1n) is 19.3. The van der Waals surface area contributed by atoms with Crippen molar-refractivity contribution in [2.75, 3.05) is 0 Å². The largest absolute Gasteiger partial charge is 0.254 e. The Labute approximate surface area is 334 Å². The smallest absolute Gasteiger partial charge is 0.179 e. The molecule has 0 bridgehead atoms. The summed E-state index contributed by atoms with van der Waals surface area (Å²) in [4.78, 5) is 29.8. The molecule has 0 atom stereocenters. The van der Waals surface area contributed by atoms with Crippen LogP contribution in [0.25, 0.3) is 111 Å². The Bertz CT molecular complexity index is 3270. The number of nitrogens with zero attached hydrogens (tertiary/aromatic N) is 6. The van der Waals surface area contributed by atoms with Crippen molar-refractivity contribution >= 4 is 43.6 Å². The molecule has 11 aromatic rings. The van der Waals surface area contributed by atoms with Gasteiger partial charge in [-0.3, -0.25) is 4.98 Å². The van der Waals surface area contributed by atoms with Gasteiger partial charge in [-0.1, -0.05) is 140 Å². The zero-order valence-corrected chi connectivity index (χ0v) is 31.2. The molecule has 0 N–H and O–H groups in total. The third kappa shape index (κ3) is 6.19. The first-order chi connectivity index (χ1) is 28.7. The van der Waals surface area contributed by atoms with Crippen molar-refractivity contribution in [1.29, 1.82) is 0 Å². The molecule has 0 aliphatic heterocycles. The standard InChI is InChI=1S/C52H32N6/c1-3-8-33(9-4-1)48-32-49(34-10-5-2-6-11-34)58-52(57-48)46-28-21-37-17-20-41(31-47(37)55-46)40-23-26-45-42(30-40)24-27-43(54-45)35-13-15-36(16-14-35)44-25-22-39-19-18-38-12-7-29-53-50(38)51(39)56-44/h1-32H. The number of aromatic nitrogens is 6. The monoisotopic (exact) mass is 740 g/mol. The number of benzene rings is 6. The van der Waals surface area contributed by atoms with E-state index in [1.165, 1.54) is 0 Å². The van der Waals surface area contributed by atoms with Crippen LogP contribution in [0.1, 0.15) is 0 Å². The highest BCUT2D eigenvalue weighted by atomic mass is 14.9. The normalized spacial score (nSPS) is 11.4. The van der Waals surface area contributed by atoms with Crippen molar-refractivity contribution in [2.24, 2.45) is 0 Å². The summed E-state index contributed by atoms with van der Waals surface area (Å²) in [7, 11) is 0. The molecule has 0 aliphatic rings. The molecule has 58 heavy (non-hydrogen) atoms. The maximum atomic E-state index is 5.12. The highest BCUT2D eigenvalue weighted by Gasteiger charge is 2.14. The zero-order chi connectivity index (χ0) is 38.4. The van der Waals surface area contributed by atoms with E-state index in [0.29, 0.717) is 5.82 Å². The number of fused-ring (bicyclic) bond motifs is 5. The Morgan fingerprint density at radius 2 is 0.776 bits per heavy atom. The van der Waals surface area contributed by atoms with Crippen LogP contribution in [0.3, 0.4) is 0 Å². The van der Waals surface area contributed by atoms with E-state index in [1.807, 2.05) is 60.8 Å². The molecule has 0 fully saturated rings. The van der Waals surface area contributed by atoms with Gasteiger partial charge in [0.15, 0.2) is 5.82 Å². The maximum absolute atomic E-state index is 5.12. The second-order valence-corrected chi connectivity index (χ2v) is 14.4. The molecule has 0 saturated heterocycles. The highest BCUT2D eigenvalue weighted by molar-refractivity contribution is 6.03. The van der Waals surface area contributed by atoms with Gasteiger partial charge in [0.1, 0.15) is 5.69 Å². The van der Waals surface area contributed by atoms with Gasteiger partial charge in [0.05, 0.1) is 44.8 Å². The Hall–Kier alpha value is -7.96. The number of rotatable bonds is 6. The minimum absolute atomic E-state index is 0.589. The molecular formula is C52H32N6. The molecule has 11 rings (SSSR count). The van der Waals surface area contributed by atoms with Gasteiger partial charge in [0.25, 0.3) is 0 Å². The van der Waals surface area contributed by atoms with E-state index in [4.69, 9.17) is 24.9 Å². The van der Waals surface area contributed by atoms with E-state index in [2.05, 4.69) is 138 Å². The molecule has 6 heteroatoms. The molecule has 0 amide bonds. The Balaban J connectivity index is 0.888. The van der Waals surface area contributed by atoms with Gasteiger partial charge in [-0.25, -0.2) is 24.9 Å². The van der Waals surface area contributed by atoms with Crippen LogP contribution in [-0.2, 0) is 0 Å². The number of hydrogen-bond acceptors (Lipinski definition) is 6. The van der Waals surface area contributed by atoms with Crippen molar-refractivity contribution in [2.45, 2.75) is 0 Å². The molecule has 6 nitrogen and oxygen atoms in total. The number of pyridine rings is 4. The predicted octanol–water partition coefficient (Wildman–Crippen LogP) is 12.7. The van der Waals surface area contributed by atoms with Crippen LogP contribution in [0.2, 0.25) is 0 Å². The fraction of sp³-hybridized carbons (Fsp3) is 0. The van der Waals surface area contributed by atoms with Gasteiger partial charge >= 0.3 is 0 Å². The lowest BCUT2D eigenvalue weighted by atomic mass is 10.0. The quantitative estimate of drug-likeness (QED) is 0.158. The Morgan fingerprint density at radius 1 is 0.259 bits per heavy atom. The van der Waals surface area contributed by atoms with Crippen molar-refractivity contribution in [3.63, 3.8) is 0 Å². The Kier molecular flexibility index (Phi) is 8.04. The van der Waals surface area contributed by atoms with Crippen molar-refractivity contribution in [1.82, 2.24) is 29.9 Å². The van der Waals surface area contributed by atoms with E-state index in [9.17, 15) is 0 Å². The summed E-state index contributed by atoms with van der Waals surface area (Å²) in [5, 5.41) is 4.29. The minimum atomic E-state index is 0.589. The van der Waals surface area contributed by atoms with Crippen LogP contribution in [-0.4, -0.2) is 29.9 Å². The maximum Gasteiger partial charge on any atom is 0.179 e. The highest BCUT2D eigenvalue weighted by Crippen LogP contribution is 2.32. The molecule has 5 aromatic heterocycles. The molecule has 0 unspecified atom stereocenters. The molecular weight excluding hydrogens is 709 g/mol. The summed E-state index contributed by atoms with van der Waals surface area (Å²) in [5.74, 6) is 0.589. The lowest BCUT2D eigenvalue weighted by molar-refractivity contribution is 1.16. The number of hydrogen-bond donors (Lipinski definition) is 0. The summed E-state index contributed by atoms with van der Waals surface area (Å²) in [6.45, 7) is 0. The molecule has 0 aliphatic carbocycles. The van der Waals surface area contributed by atoms with Crippen LogP contribution in [0.5, 0.6) is 0 Å². The average molecular weight is 741 g/mol. The van der Waals surface area contributed by atoms with E-state index in [-0.39, 0.29) is 0 Å². The fourth-order valence-corrected chi connectivity index (χ4v) is 7.66. The Morgan fingerprint density at radius 3 is 1.50 bits per heavy atom. The second-order valence-electron chi connectivity index (χ2n) is 14.4. The van der Waals surface area contributed by atoms with Crippen LogP contribution in [0, 0.1) is 0 Å². The third-order valence-electron chi connectivity index (χ3n) is 10.7.